The molecule has 3 atom stereocenters. The zero-order valence-electron chi connectivity index (χ0n) is 23.7. The lowest BCUT2D eigenvalue weighted by atomic mass is 9.90. The van der Waals surface area contributed by atoms with Gasteiger partial charge in [-0.2, -0.15) is 0 Å². The van der Waals surface area contributed by atoms with Crippen molar-refractivity contribution < 1.29 is 9.18 Å². The maximum absolute atomic E-state index is 13.3. The first-order valence-corrected chi connectivity index (χ1v) is 13.8. The number of amides is 2. The van der Waals surface area contributed by atoms with E-state index in [4.69, 9.17) is 0 Å². The first-order valence-electron chi connectivity index (χ1n) is 13.8. The van der Waals surface area contributed by atoms with Gasteiger partial charge in [0.1, 0.15) is 5.82 Å². The summed E-state index contributed by atoms with van der Waals surface area (Å²) in [5.74, 6) is 0.987. The second-order valence-corrected chi connectivity index (χ2v) is 10.9. The Morgan fingerprint density at radius 2 is 1.95 bits per heavy atom. The number of aromatic nitrogens is 4. The van der Waals surface area contributed by atoms with Gasteiger partial charge in [0.15, 0.2) is 5.82 Å². The van der Waals surface area contributed by atoms with Gasteiger partial charge in [0, 0.05) is 30.9 Å². The average molecular weight is 537 g/mol. The van der Waals surface area contributed by atoms with Crippen LogP contribution in [0.2, 0.25) is 0 Å². The van der Waals surface area contributed by atoms with E-state index in [0.717, 1.165) is 49.9 Å². The summed E-state index contributed by atoms with van der Waals surface area (Å²) in [6.45, 7) is 6.15. The SMILES string of the molecule is CCc1cc(NC(=O)N[C@H](C)C[C@@H](N(C)C)N2CCC[C@@H](Cc3ccc(F)cc3)C2)cc(-c2nnnn2C)c1. The normalized spacial score (nSPS) is 17.7. The summed E-state index contributed by atoms with van der Waals surface area (Å²) >= 11 is 0. The molecule has 1 aromatic heterocycles. The van der Waals surface area contributed by atoms with E-state index in [1.54, 1.807) is 23.9 Å². The van der Waals surface area contributed by atoms with Gasteiger partial charge in [-0.1, -0.05) is 19.1 Å². The van der Waals surface area contributed by atoms with Crippen LogP contribution in [-0.2, 0) is 19.9 Å². The van der Waals surface area contributed by atoms with Gasteiger partial charge >= 0.3 is 6.03 Å². The molecule has 0 radical (unpaired) electrons. The smallest absolute Gasteiger partial charge is 0.319 e. The fourth-order valence-electron chi connectivity index (χ4n) is 5.51. The minimum atomic E-state index is -0.233. The van der Waals surface area contributed by atoms with E-state index in [1.807, 2.05) is 30.3 Å². The number of carbonyl (C=O) groups is 1. The highest BCUT2D eigenvalue weighted by molar-refractivity contribution is 5.90. The second-order valence-electron chi connectivity index (χ2n) is 10.9. The standard InChI is InChI=1S/C29H41FN8O/c1-6-21-16-24(28-33-34-35-37(28)5)18-26(17-21)32-29(39)31-20(2)14-27(36(3)4)38-13-7-8-23(19-38)15-22-9-11-25(30)12-10-22/h9-12,16-18,20,23,27H,6-8,13-15,19H2,1-5H3,(H2,31,32,39)/t20-,23+,27+/m1/s1. The molecule has 2 heterocycles. The van der Waals surface area contributed by atoms with E-state index in [-0.39, 0.29) is 24.1 Å². The maximum atomic E-state index is 13.3. The first-order chi connectivity index (χ1) is 18.7. The number of piperidine rings is 1. The topological polar surface area (TPSA) is 91.2 Å². The third-order valence-corrected chi connectivity index (χ3v) is 7.48. The predicted octanol–water partition coefficient (Wildman–Crippen LogP) is 4.32. The Hall–Kier alpha value is -3.37. The number of nitrogens with zero attached hydrogens (tertiary/aromatic N) is 6. The highest BCUT2D eigenvalue weighted by Crippen LogP contribution is 2.25. The number of benzene rings is 2. The van der Waals surface area contributed by atoms with Crippen molar-refractivity contribution >= 4 is 11.7 Å². The molecule has 1 saturated heterocycles. The average Bonchev–Trinajstić information content (AvgIpc) is 3.34. The van der Waals surface area contributed by atoms with E-state index in [9.17, 15) is 9.18 Å². The molecule has 1 aliphatic rings. The Labute approximate surface area is 230 Å². The molecule has 2 N–H and O–H groups in total. The Kier molecular flexibility index (Phi) is 9.63. The van der Waals surface area contributed by atoms with Crippen LogP contribution in [0.1, 0.15) is 44.2 Å². The number of nitrogens with one attached hydrogen (secondary N) is 2. The molecule has 1 aliphatic heterocycles. The van der Waals surface area contributed by atoms with Crippen LogP contribution in [0.15, 0.2) is 42.5 Å². The monoisotopic (exact) mass is 536 g/mol. The van der Waals surface area contributed by atoms with Gasteiger partial charge in [-0.15, -0.1) is 5.10 Å². The second kappa shape index (κ2) is 13.1. The largest absolute Gasteiger partial charge is 0.335 e. The molecule has 0 aliphatic carbocycles. The molecule has 0 spiro atoms. The van der Waals surface area contributed by atoms with Gasteiger partial charge in [-0.25, -0.2) is 13.9 Å². The van der Waals surface area contributed by atoms with Crippen LogP contribution in [0.25, 0.3) is 11.4 Å². The summed E-state index contributed by atoms with van der Waals surface area (Å²) in [4.78, 5) is 17.7. The summed E-state index contributed by atoms with van der Waals surface area (Å²) in [5.41, 5.74) is 3.84. The highest BCUT2D eigenvalue weighted by atomic mass is 19.1. The molecule has 9 nitrogen and oxygen atoms in total. The lowest BCUT2D eigenvalue weighted by Crippen LogP contribution is -2.52. The number of halogens is 1. The zero-order chi connectivity index (χ0) is 27.9. The Bertz CT molecular complexity index is 1230. The molecule has 10 heteroatoms. The fourth-order valence-corrected chi connectivity index (χ4v) is 5.51. The highest BCUT2D eigenvalue weighted by Gasteiger charge is 2.29. The molecule has 0 saturated carbocycles. The van der Waals surface area contributed by atoms with Crippen molar-refractivity contribution in [1.82, 2.24) is 35.3 Å². The summed E-state index contributed by atoms with van der Waals surface area (Å²) in [6, 6.07) is 12.5. The summed E-state index contributed by atoms with van der Waals surface area (Å²) in [7, 11) is 5.99. The van der Waals surface area contributed by atoms with E-state index < -0.39 is 0 Å². The van der Waals surface area contributed by atoms with Gasteiger partial charge in [0.2, 0.25) is 0 Å². The van der Waals surface area contributed by atoms with E-state index in [1.165, 1.54) is 12.0 Å². The minimum absolute atomic E-state index is 0.0355. The number of carbonyl (C=O) groups excluding carboxylic acids is 1. The van der Waals surface area contributed by atoms with Crippen molar-refractivity contribution in [2.45, 2.75) is 58.2 Å². The van der Waals surface area contributed by atoms with Crippen LogP contribution in [0.4, 0.5) is 14.9 Å². The molecule has 0 bridgehead atoms. The summed E-state index contributed by atoms with van der Waals surface area (Å²) < 4.78 is 14.9. The van der Waals surface area contributed by atoms with Gasteiger partial charge in [-0.05, 0) is 117 Å². The molecule has 39 heavy (non-hydrogen) atoms. The van der Waals surface area contributed by atoms with Crippen LogP contribution < -0.4 is 10.6 Å². The Balaban J connectivity index is 1.35. The van der Waals surface area contributed by atoms with Crippen molar-refractivity contribution in [3.63, 3.8) is 0 Å². The molecule has 0 unspecified atom stereocenters. The zero-order valence-corrected chi connectivity index (χ0v) is 23.7. The number of rotatable bonds is 10. The number of anilines is 1. The number of hydrogen-bond acceptors (Lipinski definition) is 6. The van der Waals surface area contributed by atoms with E-state index in [2.05, 4.69) is 63.9 Å². The lowest BCUT2D eigenvalue weighted by molar-refractivity contribution is 0.0307. The molecule has 2 aromatic carbocycles. The number of urea groups is 1. The molecular formula is C29H41FN8O. The van der Waals surface area contributed by atoms with E-state index >= 15 is 0 Å². The van der Waals surface area contributed by atoms with Gasteiger partial charge < -0.3 is 10.6 Å². The number of hydrogen-bond donors (Lipinski definition) is 2. The third-order valence-electron chi connectivity index (χ3n) is 7.48. The summed E-state index contributed by atoms with van der Waals surface area (Å²) in [5, 5.41) is 17.9. The number of tetrazole rings is 1. The summed E-state index contributed by atoms with van der Waals surface area (Å²) in [6.07, 6.45) is 5.09. The van der Waals surface area contributed by atoms with Crippen molar-refractivity contribution in [3.05, 3.63) is 59.4 Å². The molecular weight excluding hydrogens is 495 g/mol. The maximum Gasteiger partial charge on any atom is 0.319 e. The van der Waals surface area contributed by atoms with Crippen LogP contribution in [0, 0.1) is 11.7 Å². The van der Waals surface area contributed by atoms with Crippen molar-refractivity contribution in [1.29, 1.82) is 0 Å². The molecule has 2 amide bonds. The molecule has 1 fully saturated rings. The quantitative estimate of drug-likeness (QED) is 0.401. The van der Waals surface area contributed by atoms with Crippen molar-refractivity contribution in [2.75, 3.05) is 32.5 Å². The van der Waals surface area contributed by atoms with Gasteiger partial charge in [0.25, 0.3) is 0 Å². The van der Waals surface area contributed by atoms with Crippen molar-refractivity contribution in [3.8, 4) is 11.4 Å². The van der Waals surface area contributed by atoms with Crippen LogP contribution in [0.3, 0.4) is 0 Å². The lowest BCUT2D eigenvalue weighted by Gasteiger charge is -2.42. The molecule has 3 aromatic rings. The third kappa shape index (κ3) is 7.83. The van der Waals surface area contributed by atoms with Gasteiger partial charge in [-0.3, -0.25) is 9.80 Å². The van der Waals surface area contributed by atoms with Crippen LogP contribution in [0.5, 0.6) is 0 Å². The molecule has 4 rings (SSSR count). The van der Waals surface area contributed by atoms with Gasteiger partial charge in [0.05, 0.1) is 6.17 Å². The number of likely N-dealkylation sites (tertiary alicyclic amines) is 1. The number of aryl methyl sites for hydroxylation is 2. The minimum Gasteiger partial charge on any atom is -0.335 e. The predicted molar refractivity (Wildman–Crippen MR) is 152 cm³/mol. The van der Waals surface area contributed by atoms with Crippen LogP contribution in [-0.4, -0.2) is 75.4 Å². The Morgan fingerprint density at radius 1 is 1.18 bits per heavy atom. The Morgan fingerprint density at radius 3 is 2.62 bits per heavy atom. The fraction of sp³-hybridized carbons (Fsp3) is 0.517. The van der Waals surface area contributed by atoms with Crippen LogP contribution >= 0.6 is 0 Å². The van der Waals surface area contributed by atoms with E-state index in [0.29, 0.717) is 17.4 Å². The molecule has 210 valence electrons. The first kappa shape index (κ1) is 28.6. The van der Waals surface area contributed by atoms with Crippen molar-refractivity contribution in [2.24, 2.45) is 13.0 Å².